The number of carbonyl (C=O) groups excluding carboxylic acids is 2. The van der Waals surface area contributed by atoms with Gasteiger partial charge in [0.15, 0.2) is 0 Å². The number of sulfonamides is 1. The molecular weight excluding hydrogens is 645 g/mol. The van der Waals surface area contributed by atoms with E-state index in [4.69, 9.17) is 0 Å². The number of alkyl halides is 5. The third kappa shape index (κ3) is 9.64. The lowest BCUT2D eigenvalue weighted by atomic mass is 10.0. The van der Waals surface area contributed by atoms with Gasteiger partial charge in [0.25, 0.3) is 5.92 Å². The van der Waals surface area contributed by atoms with Crippen LogP contribution < -0.4 is 15.4 Å². The molecule has 0 bridgehead atoms. The first kappa shape index (κ1) is 35.8. The summed E-state index contributed by atoms with van der Waals surface area (Å²) in [5, 5.41) is 5.65. The number of ether oxygens (including phenoxy) is 1. The molecule has 1 aliphatic heterocycles. The largest absolute Gasteiger partial charge is 0.573 e. The van der Waals surface area contributed by atoms with Crippen molar-refractivity contribution in [3.05, 3.63) is 70.8 Å². The molecule has 3 amide bonds. The number of allylic oxidation sites excluding steroid dienone is 1. The second-order valence-electron chi connectivity index (χ2n) is 9.61. The van der Waals surface area contributed by atoms with E-state index in [2.05, 4.69) is 19.8 Å². The van der Waals surface area contributed by atoms with E-state index in [1.165, 1.54) is 42.3 Å². The van der Waals surface area contributed by atoms with Crippen molar-refractivity contribution in [3.8, 4) is 5.75 Å². The molecule has 1 fully saturated rings. The minimum absolute atomic E-state index is 0.115. The van der Waals surface area contributed by atoms with Gasteiger partial charge >= 0.3 is 12.4 Å². The van der Waals surface area contributed by atoms with Crippen LogP contribution >= 0.6 is 11.9 Å². The van der Waals surface area contributed by atoms with E-state index in [1.807, 2.05) is 0 Å². The van der Waals surface area contributed by atoms with Crippen LogP contribution in [0.15, 0.2) is 68.9 Å². The van der Waals surface area contributed by atoms with Crippen molar-refractivity contribution >= 4 is 40.1 Å². The van der Waals surface area contributed by atoms with Gasteiger partial charge in [0, 0.05) is 56.3 Å². The summed E-state index contributed by atoms with van der Waals surface area (Å²) in [6.07, 6.45) is -2.24. The van der Waals surface area contributed by atoms with Crippen LogP contribution in [0.4, 0.5) is 26.7 Å². The number of urea groups is 1. The van der Waals surface area contributed by atoms with E-state index in [9.17, 15) is 40.0 Å². The lowest BCUT2D eigenvalue weighted by Crippen LogP contribution is -2.62. The topological polar surface area (TPSA) is 120 Å². The summed E-state index contributed by atoms with van der Waals surface area (Å²) in [6, 6.07) is 6.74. The molecule has 2 aromatic rings. The van der Waals surface area contributed by atoms with Gasteiger partial charge in [-0.2, -0.15) is 4.31 Å². The fourth-order valence-electron chi connectivity index (χ4n) is 4.22. The van der Waals surface area contributed by atoms with Gasteiger partial charge in [0.05, 0.1) is 9.92 Å². The quantitative estimate of drug-likeness (QED) is 0.187. The number of amides is 3. The fourth-order valence-corrected chi connectivity index (χ4v) is 6.25. The van der Waals surface area contributed by atoms with Crippen LogP contribution in [0, 0.1) is 0 Å². The van der Waals surface area contributed by atoms with Crippen molar-refractivity contribution in [1.29, 1.82) is 0 Å². The minimum Gasteiger partial charge on any atom is -0.406 e. The van der Waals surface area contributed by atoms with E-state index in [-0.39, 0.29) is 31.7 Å². The monoisotopic (exact) mass is 677 g/mol. The summed E-state index contributed by atoms with van der Waals surface area (Å²) < 4.78 is 102. The molecule has 17 heteroatoms. The van der Waals surface area contributed by atoms with Gasteiger partial charge in [0.1, 0.15) is 11.8 Å². The number of halogens is 5. The van der Waals surface area contributed by atoms with Crippen LogP contribution in [0.3, 0.4) is 0 Å². The molecule has 0 unspecified atom stereocenters. The maximum Gasteiger partial charge on any atom is 0.573 e. The highest BCUT2D eigenvalue weighted by atomic mass is 32.2. The maximum atomic E-state index is 14.0. The van der Waals surface area contributed by atoms with Gasteiger partial charge in [-0.05, 0) is 43.7 Å². The zero-order valence-corrected chi connectivity index (χ0v) is 26.1. The SMILES string of the molecule is C/C=C(/NC(=O)N1CCN(S(=O)(=O)c2ccc(OC(F)(F)F)cc2)[C@@H](C(=O)NCc2ccc(C(F)(F)CC)cc2)C1)S/N=C/C. The third-order valence-electron chi connectivity index (χ3n) is 6.62. The standard InChI is InChI=1S/C28H32F5N5O5S2/c1-4-24(44-35-6-3)36-26(40)37-15-16-38(45(41,42)22-13-11-21(12-14-22)43-28(31,32)33)23(18-37)25(39)34-17-19-7-9-20(10-8-19)27(29,30)5-2/h4,6-14,23H,5,15-18H2,1-3H3,(H,34,39)(H,36,40)/b24-4-,35-6+/t23-/m1/s1. The van der Waals surface area contributed by atoms with Crippen LogP contribution in [0.25, 0.3) is 0 Å². The molecule has 1 atom stereocenters. The molecule has 1 saturated heterocycles. The van der Waals surface area contributed by atoms with E-state index in [0.29, 0.717) is 10.6 Å². The lowest BCUT2D eigenvalue weighted by molar-refractivity contribution is -0.274. The van der Waals surface area contributed by atoms with Gasteiger partial charge in [-0.1, -0.05) is 37.3 Å². The average Bonchev–Trinajstić information content (AvgIpc) is 3.01. The first-order chi connectivity index (χ1) is 21.1. The molecule has 2 aromatic carbocycles. The van der Waals surface area contributed by atoms with Gasteiger partial charge in [0.2, 0.25) is 15.9 Å². The number of hydrogen-bond acceptors (Lipinski definition) is 7. The van der Waals surface area contributed by atoms with Crippen LogP contribution in [-0.4, -0.2) is 67.8 Å². The maximum absolute atomic E-state index is 14.0. The van der Waals surface area contributed by atoms with Crippen molar-refractivity contribution in [2.24, 2.45) is 4.40 Å². The molecule has 3 rings (SSSR count). The Morgan fingerprint density at radius 1 is 1.04 bits per heavy atom. The summed E-state index contributed by atoms with van der Waals surface area (Å²) in [5.41, 5.74) is 0.270. The van der Waals surface area contributed by atoms with Crippen molar-refractivity contribution in [2.75, 3.05) is 19.6 Å². The predicted molar refractivity (Wildman–Crippen MR) is 159 cm³/mol. The Morgan fingerprint density at radius 2 is 1.69 bits per heavy atom. The molecule has 0 aliphatic carbocycles. The Morgan fingerprint density at radius 3 is 2.24 bits per heavy atom. The molecule has 2 N–H and O–H groups in total. The zero-order chi connectivity index (χ0) is 33.4. The second-order valence-corrected chi connectivity index (χ2v) is 12.3. The van der Waals surface area contributed by atoms with Gasteiger partial charge < -0.3 is 20.3 Å². The Hall–Kier alpha value is -3.70. The number of piperazine rings is 1. The molecule has 246 valence electrons. The highest BCUT2D eigenvalue weighted by molar-refractivity contribution is 8.01. The van der Waals surface area contributed by atoms with Gasteiger partial charge in [-0.3, -0.25) is 4.79 Å². The normalized spacial score (nSPS) is 16.9. The van der Waals surface area contributed by atoms with Crippen molar-refractivity contribution < 1.29 is 44.7 Å². The average molecular weight is 678 g/mol. The molecular formula is C28H32F5N5O5S2. The lowest BCUT2D eigenvalue weighted by Gasteiger charge is -2.39. The summed E-state index contributed by atoms with van der Waals surface area (Å²) in [6.45, 7) is 3.78. The van der Waals surface area contributed by atoms with Crippen LogP contribution in [0.2, 0.25) is 0 Å². The number of carbonyl (C=O) groups is 2. The van der Waals surface area contributed by atoms with Gasteiger partial charge in [-0.15, -0.1) is 13.2 Å². The predicted octanol–water partition coefficient (Wildman–Crippen LogP) is 5.39. The van der Waals surface area contributed by atoms with E-state index < -0.39 is 57.4 Å². The molecule has 0 radical (unpaired) electrons. The number of rotatable bonds is 11. The van der Waals surface area contributed by atoms with Crippen LogP contribution in [0.1, 0.15) is 38.3 Å². The zero-order valence-electron chi connectivity index (χ0n) is 24.5. The first-order valence-corrected chi connectivity index (χ1v) is 15.8. The third-order valence-corrected chi connectivity index (χ3v) is 9.39. The highest BCUT2D eigenvalue weighted by Crippen LogP contribution is 2.31. The van der Waals surface area contributed by atoms with Crippen LogP contribution in [-0.2, 0) is 27.3 Å². The van der Waals surface area contributed by atoms with Crippen LogP contribution in [0.5, 0.6) is 5.75 Å². The molecule has 45 heavy (non-hydrogen) atoms. The van der Waals surface area contributed by atoms with E-state index in [1.54, 1.807) is 19.9 Å². The number of hydrogen-bond donors (Lipinski definition) is 2. The summed E-state index contributed by atoms with van der Waals surface area (Å²) in [5.74, 6) is -4.44. The Balaban J connectivity index is 1.85. The van der Waals surface area contributed by atoms with E-state index in [0.717, 1.165) is 40.5 Å². The number of benzene rings is 2. The summed E-state index contributed by atoms with van der Waals surface area (Å²) in [4.78, 5) is 27.3. The molecule has 1 heterocycles. The summed E-state index contributed by atoms with van der Waals surface area (Å²) >= 11 is 0.996. The second kappa shape index (κ2) is 15.1. The van der Waals surface area contributed by atoms with Crippen molar-refractivity contribution in [1.82, 2.24) is 19.8 Å². The Labute approximate surface area is 261 Å². The number of nitrogens with zero attached hydrogens (tertiary/aromatic N) is 3. The smallest absolute Gasteiger partial charge is 0.406 e. The van der Waals surface area contributed by atoms with Crippen molar-refractivity contribution in [3.63, 3.8) is 0 Å². The summed E-state index contributed by atoms with van der Waals surface area (Å²) in [7, 11) is -4.45. The fraction of sp³-hybridized carbons (Fsp3) is 0.393. The van der Waals surface area contributed by atoms with Crippen molar-refractivity contribution in [2.45, 2.75) is 57.0 Å². The molecule has 0 aromatic heterocycles. The molecule has 0 spiro atoms. The Bertz CT molecular complexity index is 1500. The molecule has 1 aliphatic rings. The molecule has 0 saturated carbocycles. The first-order valence-electron chi connectivity index (χ1n) is 13.6. The van der Waals surface area contributed by atoms with Gasteiger partial charge in [-0.25, -0.2) is 26.4 Å². The molecule has 10 nitrogen and oxygen atoms in total. The number of nitrogens with one attached hydrogen (secondary N) is 2. The Kier molecular flexibility index (Phi) is 12.0. The minimum atomic E-state index is -4.98. The van der Waals surface area contributed by atoms with E-state index >= 15 is 0 Å². The highest BCUT2D eigenvalue weighted by Gasteiger charge is 2.41.